The molecule has 0 radical (unpaired) electrons. The summed E-state index contributed by atoms with van der Waals surface area (Å²) in [5, 5.41) is 11.7. The topological polar surface area (TPSA) is 94.1 Å². The summed E-state index contributed by atoms with van der Waals surface area (Å²) >= 11 is 0. The number of rotatable bonds is 10. The molecule has 2 aromatic carbocycles. The van der Waals surface area contributed by atoms with Gasteiger partial charge in [0, 0.05) is 12.5 Å². The van der Waals surface area contributed by atoms with Crippen LogP contribution in [0.3, 0.4) is 0 Å². The maximum Gasteiger partial charge on any atom is 0.407 e. The monoisotopic (exact) mass is 387 g/mol. The number of benzene rings is 2. The Morgan fingerprint density at radius 1 is 1.00 bits per heavy atom. The van der Waals surface area contributed by atoms with Crippen LogP contribution in [0.1, 0.15) is 24.0 Å². The third kappa shape index (κ3) is 6.83. The number of carboxylic acid groups (broad SMARTS) is 1. The van der Waals surface area contributed by atoms with Gasteiger partial charge in [0.05, 0.1) is 14.2 Å². The molecule has 1 amide bonds. The van der Waals surface area contributed by atoms with Gasteiger partial charge in [-0.3, -0.25) is 4.79 Å². The van der Waals surface area contributed by atoms with Crippen molar-refractivity contribution in [2.75, 3.05) is 14.2 Å². The normalized spacial score (nSPS) is 11.4. The molecular weight excluding hydrogens is 362 g/mol. The van der Waals surface area contributed by atoms with Crippen molar-refractivity contribution in [2.45, 2.75) is 31.9 Å². The summed E-state index contributed by atoms with van der Waals surface area (Å²) in [6, 6.07) is 14.4. The van der Waals surface area contributed by atoms with Gasteiger partial charge in [-0.1, -0.05) is 36.4 Å². The molecule has 1 unspecified atom stereocenters. The maximum absolute atomic E-state index is 12.2. The Labute approximate surface area is 164 Å². The molecule has 2 aromatic rings. The highest BCUT2D eigenvalue weighted by atomic mass is 16.5. The lowest BCUT2D eigenvalue weighted by Crippen LogP contribution is -2.37. The fourth-order valence-corrected chi connectivity index (χ4v) is 2.75. The molecule has 28 heavy (non-hydrogen) atoms. The Kier molecular flexibility index (Phi) is 8.14. The van der Waals surface area contributed by atoms with Crippen molar-refractivity contribution in [3.8, 4) is 11.5 Å². The number of aliphatic carboxylic acids is 1. The first-order chi connectivity index (χ1) is 13.5. The molecule has 0 spiro atoms. The summed E-state index contributed by atoms with van der Waals surface area (Å²) in [6.07, 6.45) is 0.0782. The van der Waals surface area contributed by atoms with Gasteiger partial charge in [0.25, 0.3) is 0 Å². The average Bonchev–Trinajstić information content (AvgIpc) is 2.71. The zero-order chi connectivity index (χ0) is 20.4. The minimum Gasteiger partial charge on any atom is -0.493 e. The van der Waals surface area contributed by atoms with Crippen LogP contribution in [-0.2, 0) is 22.6 Å². The first kappa shape index (κ1) is 21.1. The Balaban J connectivity index is 2.00. The number of nitrogens with one attached hydrogen (secondary N) is 1. The predicted octanol–water partition coefficient (Wildman–Crippen LogP) is 3.41. The average molecular weight is 387 g/mol. The van der Waals surface area contributed by atoms with E-state index >= 15 is 0 Å². The second-order valence-electron chi connectivity index (χ2n) is 6.23. The smallest absolute Gasteiger partial charge is 0.407 e. The van der Waals surface area contributed by atoms with E-state index in [9.17, 15) is 9.59 Å². The Morgan fingerprint density at radius 3 is 2.36 bits per heavy atom. The molecule has 0 aliphatic heterocycles. The molecule has 150 valence electrons. The van der Waals surface area contributed by atoms with Gasteiger partial charge >= 0.3 is 12.1 Å². The van der Waals surface area contributed by atoms with Crippen molar-refractivity contribution < 1.29 is 28.9 Å². The van der Waals surface area contributed by atoms with Crippen molar-refractivity contribution in [1.29, 1.82) is 0 Å². The molecule has 0 fully saturated rings. The molecule has 0 aliphatic rings. The highest BCUT2D eigenvalue weighted by Crippen LogP contribution is 2.28. The molecule has 1 atom stereocenters. The summed E-state index contributed by atoms with van der Waals surface area (Å²) in [5.74, 6) is 0.254. The van der Waals surface area contributed by atoms with Gasteiger partial charge in [-0.15, -0.1) is 0 Å². The van der Waals surface area contributed by atoms with Crippen LogP contribution in [0.4, 0.5) is 4.79 Å². The summed E-state index contributed by atoms with van der Waals surface area (Å²) in [5.41, 5.74) is 1.76. The van der Waals surface area contributed by atoms with E-state index in [4.69, 9.17) is 19.3 Å². The van der Waals surface area contributed by atoms with Gasteiger partial charge in [-0.25, -0.2) is 4.79 Å². The summed E-state index contributed by atoms with van der Waals surface area (Å²) in [4.78, 5) is 23.1. The molecule has 0 aliphatic carbocycles. The van der Waals surface area contributed by atoms with E-state index in [0.717, 1.165) is 11.1 Å². The molecular formula is C21H25NO6. The minimum atomic E-state index is -0.920. The van der Waals surface area contributed by atoms with E-state index in [1.165, 1.54) is 0 Å². The Morgan fingerprint density at radius 2 is 1.71 bits per heavy atom. The molecule has 7 nitrogen and oxygen atoms in total. The van der Waals surface area contributed by atoms with Gasteiger partial charge in [0.2, 0.25) is 0 Å². The summed E-state index contributed by atoms with van der Waals surface area (Å²) < 4.78 is 15.8. The van der Waals surface area contributed by atoms with E-state index in [0.29, 0.717) is 17.9 Å². The van der Waals surface area contributed by atoms with Crippen LogP contribution in [-0.4, -0.2) is 37.4 Å². The van der Waals surface area contributed by atoms with Gasteiger partial charge in [-0.2, -0.15) is 0 Å². The standard InChI is InChI=1S/C21H25NO6/c1-26-18-10-8-16(13-19(18)27-2)12-17(9-11-20(23)24)22-21(25)28-14-15-6-4-3-5-7-15/h3-8,10,13,17H,9,11-12,14H2,1-2H3,(H,22,25)(H,23,24). The van der Waals surface area contributed by atoms with E-state index < -0.39 is 18.1 Å². The number of amides is 1. The lowest BCUT2D eigenvalue weighted by atomic mass is 10.0. The van der Waals surface area contributed by atoms with Crippen molar-refractivity contribution in [3.63, 3.8) is 0 Å². The second kappa shape index (κ2) is 10.8. The van der Waals surface area contributed by atoms with Crippen molar-refractivity contribution in [1.82, 2.24) is 5.32 Å². The lowest BCUT2D eigenvalue weighted by Gasteiger charge is -2.19. The largest absolute Gasteiger partial charge is 0.493 e. The maximum atomic E-state index is 12.2. The van der Waals surface area contributed by atoms with Crippen LogP contribution >= 0.6 is 0 Å². The molecule has 2 N–H and O–H groups in total. The third-order valence-corrected chi connectivity index (χ3v) is 4.17. The number of ether oxygens (including phenoxy) is 3. The first-order valence-electron chi connectivity index (χ1n) is 8.91. The number of hydrogen-bond acceptors (Lipinski definition) is 5. The van der Waals surface area contributed by atoms with Crippen molar-refractivity contribution in [3.05, 3.63) is 59.7 Å². The number of carbonyl (C=O) groups is 2. The quantitative estimate of drug-likeness (QED) is 0.649. The number of methoxy groups -OCH3 is 2. The van der Waals surface area contributed by atoms with Crippen LogP contribution in [0.2, 0.25) is 0 Å². The van der Waals surface area contributed by atoms with Crippen molar-refractivity contribution in [2.24, 2.45) is 0 Å². The number of carboxylic acids is 1. The van der Waals surface area contributed by atoms with Gasteiger partial charge in [0.1, 0.15) is 6.61 Å². The van der Waals surface area contributed by atoms with E-state index in [1.54, 1.807) is 20.3 Å². The number of hydrogen-bond donors (Lipinski definition) is 2. The predicted molar refractivity (Wildman–Crippen MR) is 104 cm³/mol. The number of alkyl carbamates (subject to hydrolysis) is 1. The van der Waals surface area contributed by atoms with E-state index in [2.05, 4.69) is 5.32 Å². The van der Waals surface area contributed by atoms with E-state index in [-0.39, 0.29) is 19.4 Å². The first-order valence-corrected chi connectivity index (χ1v) is 8.91. The molecule has 0 saturated carbocycles. The Hall–Kier alpha value is -3.22. The van der Waals surface area contributed by atoms with Crippen LogP contribution in [0, 0.1) is 0 Å². The Bertz CT molecular complexity index is 778. The van der Waals surface area contributed by atoms with Crippen LogP contribution in [0.5, 0.6) is 11.5 Å². The summed E-state index contributed by atoms with van der Waals surface area (Å²) in [6.45, 7) is 0.148. The zero-order valence-electron chi connectivity index (χ0n) is 16.0. The molecule has 2 rings (SSSR count). The van der Waals surface area contributed by atoms with Crippen LogP contribution in [0.15, 0.2) is 48.5 Å². The molecule has 0 heterocycles. The fourth-order valence-electron chi connectivity index (χ4n) is 2.75. The second-order valence-corrected chi connectivity index (χ2v) is 6.23. The number of carbonyl (C=O) groups excluding carboxylic acids is 1. The molecule has 0 aromatic heterocycles. The lowest BCUT2D eigenvalue weighted by molar-refractivity contribution is -0.137. The summed E-state index contributed by atoms with van der Waals surface area (Å²) in [7, 11) is 3.10. The van der Waals surface area contributed by atoms with E-state index in [1.807, 2.05) is 42.5 Å². The third-order valence-electron chi connectivity index (χ3n) is 4.17. The SMILES string of the molecule is COc1ccc(CC(CCC(=O)O)NC(=O)OCc2ccccc2)cc1OC. The van der Waals surface area contributed by atoms with Gasteiger partial charge < -0.3 is 24.6 Å². The van der Waals surface area contributed by atoms with Gasteiger partial charge in [-0.05, 0) is 36.1 Å². The van der Waals surface area contributed by atoms with Gasteiger partial charge in [0.15, 0.2) is 11.5 Å². The fraction of sp³-hybridized carbons (Fsp3) is 0.333. The molecule has 0 saturated heterocycles. The van der Waals surface area contributed by atoms with Crippen molar-refractivity contribution >= 4 is 12.1 Å². The molecule has 7 heteroatoms. The van der Waals surface area contributed by atoms with Crippen LogP contribution < -0.4 is 14.8 Å². The minimum absolute atomic E-state index is 0.0586. The highest BCUT2D eigenvalue weighted by Gasteiger charge is 2.17. The van der Waals surface area contributed by atoms with Crippen LogP contribution in [0.25, 0.3) is 0 Å². The zero-order valence-corrected chi connectivity index (χ0v) is 16.0. The highest BCUT2D eigenvalue weighted by molar-refractivity contribution is 5.69. The molecule has 0 bridgehead atoms.